The first-order valence-corrected chi connectivity index (χ1v) is 7.25. The van der Waals surface area contributed by atoms with Crippen molar-refractivity contribution < 1.29 is 4.79 Å². The second kappa shape index (κ2) is 6.29. The maximum absolute atomic E-state index is 12.2. The lowest BCUT2D eigenvalue weighted by molar-refractivity contribution is 0.0940. The summed E-state index contributed by atoms with van der Waals surface area (Å²) in [4.78, 5) is 12.2. The van der Waals surface area contributed by atoms with E-state index in [-0.39, 0.29) is 11.9 Å². The zero-order valence-corrected chi connectivity index (χ0v) is 13.2. The molecule has 0 fully saturated rings. The molecule has 3 N–H and O–H groups in total. The Bertz CT molecular complexity index is 625. The number of amides is 1. The van der Waals surface area contributed by atoms with E-state index in [1.54, 1.807) is 24.3 Å². The number of nitrogens with one attached hydrogen (secondary N) is 1. The van der Waals surface area contributed by atoms with Gasteiger partial charge in [0.15, 0.2) is 0 Å². The van der Waals surface area contributed by atoms with Gasteiger partial charge in [0.1, 0.15) is 0 Å². The molecular weight excluding hydrogens is 340 g/mol. The van der Waals surface area contributed by atoms with Crippen LogP contribution in [0.5, 0.6) is 0 Å². The highest BCUT2D eigenvalue weighted by Crippen LogP contribution is 2.20. The number of benzene rings is 2. The number of nitrogens with two attached hydrogens (primary N) is 1. The van der Waals surface area contributed by atoms with Crippen LogP contribution in [0.1, 0.15) is 28.9 Å². The van der Waals surface area contributed by atoms with Crippen LogP contribution in [0.15, 0.2) is 46.9 Å². The summed E-state index contributed by atoms with van der Waals surface area (Å²) in [5, 5.41) is 3.57. The Morgan fingerprint density at radius 3 is 2.70 bits per heavy atom. The maximum atomic E-state index is 12.2. The summed E-state index contributed by atoms with van der Waals surface area (Å²) in [7, 11) is 0. The van der Waals surface area contributed by atoms with Crippen LogP contribution in [0.25, 0.3) is 0 Å². The topological polar surface area (TPSA) is 55.1 Å². The molecule has 0 bridgehead atoms. The summed E-state index contributed by atoms with van der Waals surface area (Å²) in [5.74, 6) is -0.175. The maximum Gasteiger partial charge on any atom is 0.251 e. The molecule has 0 saturated carbocycles. The van der Waals surface area contributed by atoms with Crippen molar-refractivity contribution in [1.29, 1.82) is 0 Å². The second-order valence-electron chi connectivity index (χ2n) is 4.52. The zero-order chi connectivity index (χ0) is 14.7. The van der Waals surface area contributed by atoms with Gasteiger partial charge in [-0.15, -0.1) is 0 Å². The van der Waals surface area contributed by atoms with Gasteiger partial charge in [0, 0.05) is 20.7 Å². The van der Waals surface area contributed by atoms with Crippen molar-refractivity contribution in [3.05, 3.63) is 63.1 Å². The monoisotopic (exact) mass is 352 g/mol. The SMILES string of the molecule is C[C@H](NC(=O)c1cc(N)cc(Br)c1)c1cccc(Cl)c1. The van der Waals surface area contributed by atoms with Crippen LogP contribution in [0.4, 0.5) is 5.69 Å². The molecule has 3 nitrogen and oxygen atoms in total. The molecule has 0 unspecified atom stereocenters. The predicted octanol–water partition coefficient (Wildman–Crippen LogP) is 4.18. The van der Waals surface area contributed by atoms with Crippen molar-refractivity contribution in [2.75, 3.05) is 5.73 Å². The van der Waals surface area contributed by atoms with Gasteiger partial charge >= 0.3 is 0 Å². The fourth-order valence-electron chi connectivity index (χ4n) is 1.88. The highest BCUT2D eigenvalue weighted by molar-refractivity contribution is 9.10. The Kier molecular flexibility index (Phi) is 4.68. The minimum absolute atomic E-state index is 0.138. The van der Waals surface area contributed by atoms with Crippen LogP contribution in [0, 0.1) is 0 Å². The predicted molar refractivity (Wildman–Crippen MR) is 85.9 cm³/mol. The number of hydrogen-bond donors (Lipinski definition) is 2. The number of carbonyl (C=O) groups excluding carboxylic acids is 1. The number of rotatable bonds is 3. The summed E-state index contributed by atoms with van der Waals surface area (Å²) in [6.45, 7) is 1.91. The molecule has 0 radical (unpaired) electrons. The van der Waals surface area contributed by atoms with Gasteiger partial charge in [-0.2, -0.15) is 0 Å². The molecule has 1 amide bonds. The van der Waals surface area contributed by atoms with Crippen LogP contribution in [0.3, 0.4) is 0 Å². The van der Waals surface area contributed by atoms with Gasteiger partial charge in [-0.1, -0.05) is 39.7 Å². The Labute approximate surface area is 131 Å². The Morgan fingerprint density at radius 1 is 1.30 bits per heavy atom. The first kappa shape index (κ1) is 14.9. The molecule has 5 heteroatoms. The minimum Gasteiger partial charge on any atom is -0.399 e. The first-order valence-electron chi connectivity index (χ1n) is 6.08. The van der Waals surface area contributed by atoms with Gasteiger partial charge in [0.2, 0.25) is 0 Å². The van der Waals surface area contributed by atoms with Crippen molar-refractivity contribution in [3.8, 4) is 0 Å². The number of nitrogen functional groups attached to an aromatic ring is 1. The third kappa shape index (κ3) is 3.74. The molecule has 2 rings (SSSR count). The van der Waals surface area contributed by atoms with Crippen molar-refractivity contribution in [2.45, 2.75) is 13.0 Å². The molecule has 2 aromatic rings. The Hall–Kier alpha value is -1.52. The van der Waals surface area contributed by atoms with Crippen molar-refractivity contribution in [3.63, 3.8) is 0 Å². The van der Waals surface area contributed by atoms with Gasteiger partial charge in [0.05, 0.1) is 6.04 Å². The lowest BCUT2D eigenvalue weighted by Gasteiger charge is -2.15. The normalized spacial score (nSPS) is 11.9. The summed E-state index contributed by atoms with van der Waals surface area (Å²) < 4.78 is 0.776. The minimum atomic E-state index is -0.175. The standard InChI is InChI=1S/C15H14BrClN2O/c1-9(10-3-2-4-13(17)6-10)19-15(20)11-5-12(16)8-14(18)7-11/h2-9H,18H2,1H3,(H,19,20)/t9-/m0/s1. The third-order valence-electron chi connectivity index (χ3n) is 2.88. The largest absolute Gasteiger partial charge is 0.399 e. The summed E-state index contributed by atoms with van der Waals surface area (Å²) in [5.41, 5.74) is 7.74. The number of anilines is 1. The van der Waals surface area contributed by atoms with Crippen LogP contribution in [-0.2, 0) is 0 Å². The average Bonchev–Trinajstić information content (AvgIpc) is 2.37. The molecule has 1 atom stereocenters. The van der Waals surface area contributed by atoms with E-state index in [1.165, 1.54) is 0 Å². The fraction of sp³-hybridized carbons (Fsp3) is 0.133. The van der Waals surface area contributed by atoms with Crippen molar-refractivity contribution >= 4 is 39.1 Å². The van der Waals surface area contributed by atoms with E-state index < -0.39 is 0 Å². The molecule has 0 aliphatic rings. The van der Waals surface area contributed by atoms with E-state index in [9.17, 15) is 4.79 Å². The number of carbonyl (C=O) groups is 1. The molecule has 20 heavy (non-hydrogen) atoms. The van der Waals surface area contributed by atoms with Crippen LogP contribution in [-0.4, -0.2) is 5.91 Å². The summed E-state index contributed by atoms with van der Waals surface area (Å²) in [6.07, 6.45) is 0. The van der Waals surface area contributed by atoms with Gasteiger partial charge in [-0.05, 0) is 42.8 Å². The van der Waals surface area contributed by atoms with E-state index in [0.29, 0.717) is 16.3 Å². The molecule has 0 heterocycles. The quantitative estimate of drug-likeness (QED) is 0.813. The molecule has 104 valence electrons. The number of halogens is 2. The van der Waals surface area contributed by atoms with Gasteiger partial charge in [-0.3, -0.25) is 4.79 Å². The molecule has 0 spiro atoms. The van der Waals surface area contributed by atoms with E-state index in [1.807, 2.05) is 25.1 Å². The molecule has 0 aliphatic carbocycles. The Balaban J connectivity index is 2.15. The molecule has 2 aromatic carbocycles. The molecule has 0 aliphatic heterocycles. The lowest BCUT2D eigenvalue weighted by Crippen LogP contribution is -2.26. The van der Waals surface area contributed by atoms with Crippen molar-refractivity contribution in [2.24, 2.45) is 0 Å². The van der Waals surface area contributed by atoms with E-state index in [4.69, 9.17) is 17.3 Å². The average molecular weight is 354 g/mol. The van der Waals surface area contributed by atoms with Gasteiger partial charge < -0.3 is 11.1 Å². The van der Waals surface area contributed by atoms with Crippen LogP contribution < -0.4 is 11.1 Å². The van der Waals surface area contributed by atoms with Crippen molar-refractivity contribution in [1.82, 2.24) is 5.32 Å². The van der Waals surface area contributed by atoms with Crippen LogP contribution in [0.2, 0.25) is 5.02 Å². The van der Waals surface area contributed by atoms with Crippen LogP contribution >= 0.6 is 27.5 Å². The molecule has 0 aromatic heterocycles. The smallest absolute Gasteiger partial charge is 0.251 e. The summed E-state index contributed by atoms with van der Waals surface area (Å²) >= 11 is 9.27. The highest BCUT2D eigenvalue weighted by atomic mass is 79.9. The number of hydrogen-bond acceptors (Lipinski definition) is 2. The molecular formula is C15H14BrClN2O. The van der Waals surface area contributed by atoms with E-state index in [0.717, 1.165) is 10.0 Å². The fourth-order valence-corrected chi connectivity index (χ4v) is 2.59. The van der Waals surface area contributed by atoms with Gasteiger partial charge in [0.25, 0.3) is 5.91 Å². The molecule has 0 saturated heterocycles. The lowest BCUT2D eigenvalue weighted by atomic mass is 10.1. The highest BCUT2D eigenvalue weighted by Gasteiger charge is 2.12. The first-order chi connectivity index (χ1) is 9.45. The van der Waals surface area contributed by atoms with E-state index in [2.05, 4.69) is 21.2 Å². The third-order valence-corrected chi connectivity index (χ3v) is 3.57. The zero-order valence-electron chi connectivity index (χ0n) is 10.9. The Morgan fingerprint density at radius 2 is 2.05 bits per heavy atom. The van der Waals surface area contributed by atoms with Gasteiger partial charge in [-0.25, -0.2) is 0 Å². The summed E-state index contributed by atoms with van der Waals surface area (Å²) in [6, 6.07) is 12.4. The van der Waals surface area contributed by atoms with E-state index >= 15 is 0 Å². The second-order valence-corrected chi connectivity index (χ2v) is 5.88.